The van der Waals surface area contributed by atoms with Crippen molar-refractivity contribution in [3.8, 4) is 11.1 Å². The van der Waals surface area contributed by atoms with Gasteiger partial charge >= 0.3 is 0 Å². The van der Waals surface area contributed by atoms with Crippen molar-refractivity contribution in [3.63, 3.8) is 0 Å². The Kier molecular flexibility index (Phi) is 3.20. The van der Waals surface area contributed by atoms with Gasteiger partial charge in [0.1, 0.15) is 0 Å². The van der Waals surface area contributed by atoms with Crippen molar-refractivity contribution in [2.24, 2.45) is 0 Å². The molecule has 1 aliphatic rings. The number of dihydropyridines is 1. The third kappa shape index (κ3) is 2.60. The van der Waals surface area contributed by atoms with Crippen LogP contribution in [0.4, 0.5) is 0 Å². The van der Waals surface area contributed by atoms with Crippen molar-refractivity contribution in [1.82, 2.24) is 5.32 Å². The minimum absolute atomic E-state index is 0.932. The molecule has 1 heteroatoms. The Labute approximate surface area is 114 Å². The van der Waals surface area contributed by atoms with E-state index in [1.54, 1.807) is 0 Å². The van der Waals surface area contributed by atoms with Crippen molar-refractivity contribution < 1.29 is 0 Å². The molecule has 0 radical (unpaired) electrons. The summed E-state index contributed by atoms with van der Waals surface area (Å²) in [6, 6.07) is 19.2. The highest BCUT2D eigenvalue weighted by molar-refractivity contribution is 5.73. The molecule has 0 aromatic heterocycles. The summed E-state index contributed by atoms with van der Waals surface area (Å²) >= 11 is 0. The summed E-state index contributed by atoms with van der Waals surface area (Å²) in [5.41, 5.74) is 6.32. The second-order valence-corrected chi connectivity index (χ2v) is 4.89. The van der Waals surface area contributed by atoms with E-state index in [1.807, 2.05) is 6.07 Å². The largest absolute Gasteiger partial charge is 0.381 e. The summed E-state index contributed by atoms with van der Waals surface area (Å²) in [4.78, 5) is 0. The summed E-state index contributed by atoms with van der Waals surface area (Å²) in [7, 11) is 0. The number of nitrogens with one attached hydrogen (secondary N) is 1. The van der Waals surface area contributed by atoms with Crippen molar-refractivity contribution >= 4 is 5.70 Å². The lowest BCUT2D eigenvalue weighted by atomic mass is 10.0. The van der Waals surface area contributed by atoms with Crippen LogP contribution in [0.2, 0.25) is 0 Å². The van der Waals surface area contributed by atoms with Crippen LogP contribution in [0, 0.1) is 0 Å². The molecule has 2 aromatic rings. The molecule has 0 fully saturated rings. The molecule has 1 N–H and O–H groups in total. The molecule has 1 aliphatic heterocycles. The van der Waals surface area contributed by atoms with Crippen molar-refractivity contribution in [1.29, 1.82) is 0 Å². The highest BCUT2D eigenvalue weighted by Gasteiger charge is 2.06. The van der Waals surface area contributed by atoms with Gasteiger partial charge in [0.2, 0.25) is 0 Å². The molecule has 0 spiro atoms. The molecule has 0 amide bonds. The zero-order chi connectivity index (χ0) is 13.1. The number of hydrogen-bond acceptors (Lipinski definition) is 1. The van der Waals surface area contributed by atoms with Crippen LogP contribution in [0.25, 0.3) is 16.8 Å². The van der Waals surface area contributed by atoms with E-state index in [0.717, 1.165) is 6.54 Å². The third-order valence-corrected chi connectivity index (χ3v) is 3.37. The fourth-order valence-electron chi connectivity index (χ4n) is 2.27. The smallest absolute Gasteiger partial charge is 0.0416 e. The molecule has 0 saturated carbocycles. The molecule has 0 bridgehead atoms. The molecular weight excluding hydrogens is 230 g/mol. The number of benzene rings is 2. The van der Waals surface area contributed by atoms with E-state index in [1.165, 1.54) is 28.0 Å². The second-order valence-electron chi connectivity index (χ2n) is 4.89. The van der Waals surface area contributed by atoms with Crippen LogP contribution in [0.1, 0.15) is 12.5 Å². The van der Waals surface area contributed by atoms with Crippen LogP contribution in [0.15, 0.2) is 72.3 Å². The lowest BCUT2D eigenvalue weighted by Crippen LogP contribution is -2.17. The van der Waals surface area contributed by atoms with Crippen LogP contribution in [0.3, 0.4) is 0 Å². The average Bonchev–Trinajstić information content (AvgIpc) is 2.49. The molecule has 0 saturated heterocycles. The summed E-state index contributed by atoms with van der Waals surface area (Å²) in [6.07, 6.45) is 4.34. The van der Waals surface area contributed by atoms with Crippen LogP contribution < -0.4 is 5.32 Å². The Hall–Kier alpha value is -2.28. The first-order chi connectivity index (χ1) is 9.33. The van der Waals surface area contributed by atoms with Gasteiger partial charge in [-0.3, -0.25) is 0 Å². The zero-order valence-electron chi connectivity index (χ0n) is 11.1. The molecule has 1 heterocycles. The van der Waals surface area contributed by atoms with Gasteiger partial charge < -0.3 is 5.32 Å². The van der Waals surface area contributed by atoms with Crippen LogP contribution >= 0.6 is 0 Å². The van der Waals surface area contributed by atoms with E-state index in [2.05, 4.69) is 72.9 Å². The van der Waals surface area contributed by atoms with Gasteiger partial charge in [-0.1, -0.05) is 60.2 Å². The summed E-state index contributed by atoms with van der Waals surface area (Å²) in [6.45, 7) is 3.07. The highest BCUT2D eigenvalue weighted by atomic mass is 14.9. The lowest BCUT2D eigenvalue weighted by Gasteiger charge is -2.16. The Morgan fingerprint density at radius 3 is 2.26 bits per heavy atom. The van der Waals surface area contributed by atoms with Crippen LogP contribution in [-0.2, 0) is 0 Å². The minimum Gasteiger partial charge on any atom is -0.381 e. The molecule has 2 aromatic carbocycles. The molecule has 0 aliphatic carbocycles. The van der Waals surface area contributed by atoms with Crippen molar-refractivity contribution in [2.75, 3.05) is 6.54 Å². The van der Waals surface area contributed by atoms with E-state index < -0.39 is 0 Å². The number of hydrogen-bond donors (Lipinski definition) is 1. The molecule has 0 atom stereocenters. The fourth-order valence-corrected chi connectivity index (χ4v) is 2.27. The molecule has 0 unspecified atom stereocenters. The first-order valence-electron chi connectivity index (χ1n) is 6.60. The van der Waals surface area contributed by atoms with Gasteiger partial charge in [0.25, 0.3) is 0 Å². The zero-order valence-corrected chi connectivity index (χ0v) is 11.1. The van der Waals surface area contributed by atoms with Crippen molar-refractivity contribution in [2.45, 2.75) is 6.92 Å². The lowest BCUT2D eigenvalue weighted by molar-refractivity contribution is 0.941. The average molecular weight is 247 g/mol. The van der Waals surface area contributed by atoms with E-state index in [4.69, 9.17) is 0 Å². The number of allylic oxidation sites excluding steroid dienone is 2. The van der Waals surface area contributed by atoms with Crippen molar-refractivity contribution in [3.05, 3.63) is 77.9 Å². The van der Waals surface area contributed by atoms with E-state index >= 15 is 0 Å². The van der Waals surface area contributed by atoms with Gasteiger partial charge in [0, 0.05) is 12.2 Å². The Morgan fingerprint density at radius 1 is 0.789 bits per heavy atom. The van der Waals surface area contributed by atoms with E-state index in [0.29, 0.717) is 0 Å². The van der Waals surface area contributed by atoms with Gasteiger partial charge in [-0.15, -0.1) is 0 Å². The summed E-state index contributed by atoms with van der Waals surface area (Å²) in [5.74, 6) is 0. The van der Waals surface area contributed by atoms with Gasteiger partial charge in [0.15, 0.2) is 0 Å². The predicted octanol–water partition coefficient (Wildman–Crippen LogP) is 4.24. The standard InChI is InChI=1S/C18H17N/c1-14-10-11-18(19-13-14)17-9-5-8-16(12-17)15-6-3-2-4-7-15/h2-12,19H,13H2,1H3. The highest BCUT2D eigenvalue weighted by Crippen LogP contribution is 2.23. The molecular formula is C18H17N. The molecule has 94 valence electrons. The monoisotopic (exact) mass is 247 g/mol. The van der Waals surface area contributed by atoms with E-state index in [-0.39, 0.29) is 0 Å². The van der Waals surface area contributed by atoms with Gasteiger partial charge in [-0.05, 0) is 35.8 Å². The molecule has 3 rings (SSSR count). The van der Waals surface area contributed by atoms with E-state index in [9.17, 15) is 0 Å². The Balaban J connectivity index is 1.97. The SMILES string of the molecule is CC1=CC=C(c2cccc(-c3ccccc3)c2)NC1. The maximum atomic E-state index is 3.46. The summed E-state index contributed by atoms with van der Waals surface area (Å²) < 4.78 is 0. The second kappa shape index (κ2) is 5.15. The van der Waals surface area contributed by atoms with Gasteiger partial charge in [0.05, 0.1) is 0 Å². The quantitative estimate of drug-likeness (QED) is 0.836. The van der Waals surface area contributed by atoms with Gasteiger partial charge in [-0.25, -0.2) is 0 Å². The number of rotatable bonds is 2. The molecule has 1 nitrogen and oxygen atoms in total. The Morgan fingerprint density at radius 2 is 1.53 bits per heavy atom. The normalized spacial score (nSPS) is 14.4. The van der Waals surface area contributed by atoms with Crippen LogP contribution in [-0.4, -0.2) is 6.54 Å². The first-order valence-corrected chi connectivity index (χ1v) is 6.60. The third-order valence-electron chi connectivity index (χ3n) is 3.37. The predicted molar refractivity (Wildman–Crippen MR) is 81.6 cm³/mol. The van der Waals surface area contributed by atoms with Crippen LogP contribution in [0.5, 0.6) is 0 Å². The maximum absolute atomic E-state index is 3.46. The topological polar surface area (TPSA) is 12.0 Å². The Bertz CT molecular complexity index is 636. The summed E-state index contributed by atoms with van der Waals surface area (Å²) in [5, 5.41) is 3.46. The van der Waals surface area contributed by atoms with Gasteiger partial charge in [-0.2, -0.15) is 0 Å². The fraction of sp³-hybridized carbons (Fsp3) is 0.111. The maximum Gasteiger partial charge on any atom is 0.0416 e. The minimum atomic E-state index is 0.932. The molecule has 19 heavy (non-hydrogen) atoms. The first kappa shape index (κ1) is 11.8.